The van der Waals surface area contributed by atoms with Gasteiger partial charge in [0.15, 0.2) is 5.82 Å². The van der Waals surface area contributed by atoms with Crippen LogP contribution in [0, 0.1) is 0 Å². The summed E-state index contributed by atoms with van der Waals surface area (Å²) >= 11 is 0. The number of aromatic nitrogens is 4. The fraction of sp³-hybridized carbons (Fsp3) is 0.417. The molecule has 0 unspecified atom stereocenters. The quantitative estimate of drug-likeness (QED) is 0.445. The van der Waals surface area contributed by atoms with Gasteiger partial charge in [0, 0.05) is 31.1 Å². The number of nitrogens with zero attached hydrogens (tertiary/aromatic N) is 4. The molecule has 0 spiro atoms. The summed E-state index contributed by atoms with van der Waals surface area (Å²) in [7, 11) is 0. The smallest absolute Gasteiger partial charge is 0.337 e. The highest BCUT2D eigenvalue weighted by Crippen LogP contribution is 2.22. The first kappa shape index (κ1) is 21.7. The standard InChI is InChI=1S/C24H30N4O2/c1-3-5-7-10-21-26-22(28(27-21)16-6-4-2)17-18-11-13-19(14-12-18)23-20(24(29)30)9-8-15-25-23/h8-9,11-15H,3-7,10,16-17H2,1-2H3,(H,29,30). The SMILES string of the molecule is CCCCCc1nc(Cc2ccc(-c3ncccc3C(=O)O)cc2)n(CCCC)n1. The number of benzene rings is 1. The van der Waals surface area contributed by atoms with E-state index in [2.05, 4.69) is 23.5 Å². The Morgan fingerprint density at radius 2 is 1.80 bits per heavy atom. The van der Waals surface area contributed by atoms with Crippen molar-refractivity contribution in [3.8, 4) is 11.3 Å². The molecule has 0 aliphatic heterocycles. The lowest BCUT2D eigenvalue weighted by Gasteiger charge is -2.08. The van der Waals surface area contributed by atoms with E-state index in [1.54, 1.807) is 18.3 Å². The first-order valence-electron chi connectivity index (χ1n) is 10.8. The van der Waals surface area contributed by atoms with E-state index >= 15 is 0 Å². The van der Waals surface area contributed by atoms with Gasteiger partial charge in [-0.25, -0.2) is 14.5 Å². The number of aromatic carboxylic acids is 1. The summed E-state index contributed by atoms with van der Waals surface area (Å²) in [4.78, 5) is 20.5. The van der Waals surface area contributed by atoms with Crippen LogP contribution in [0.25, 0.3) is 11.3 Å². The molecule has 0 bridgehead atoms. The van der Waals surface area contributed by atoms with E-state index in [1.165, 1.54) is 12.8 Å². The maximum Gasteiger partial charge on any atom is 0.337 e. The Balaban J connectivity index is 1.78. The number of hydrogen-bond donors (Lipinski definition) is 1. The van der Waals surface area contributed by atoms with Crippen molar-refractivity contribution in [1.29, 1.82) is 0 Å². The van der Waals surface area contributed by atoms with E-state index < -0.39 is 5.97 Å². The van der Waals surface area contributed by atoms with Crippen molar-refractivity contribution >= 4 is 5.97 Å². The predicted octanol–water partition coefficient (Wildman–Crippen LogP) is 5.16. The summed E-state index contributed by atoms with van der Waals surface area (Å²) in [5.41, 5.74) is 2.61. The number of rotatable bonds is 11. The third kappa shape index (κ3) is 5.53. The van der Waals surface area contributed by atoms with Crippen LogP contribution in [0.2, 0.25) is 0 Å². The van der Waals surface area contributed by atoms with Crippen LogP contribution in [0.5, 0.6) is 0 Å². The summed E-state index contributed by atoms with van der Waals surface area (Å²) in [6.07, 6.45) is 8.97. The molecular weight excluding hydrogens is 376 g/mol. The molecule has 0 saturated carbocycles. The number of pyridine rings is 1. The van der Waals surface area contributed by atoms with Gasteiger partial charge < -0.3 is 5.11 Å². The lowest BCUT2D eigenvalue weighted by atomic mass is 10.0. The van der Waals surface area contributed by atoms with Gasteiger partial charge in [-0.15, -0.1) is 0 Å². The fourth-order valence-electron chi connectivity index (χ4n) is 3.45. The van der Waals surface area contributed by atoms with E-state index in [-0.39, 0.29) is 5.56 Å². The molecule has 30 heavy (non-hydrogen) atoms. The van der Waals surface area contributed by atoms with Gasteiger partial charge in [-0.2, -0.15) is 5.10 Å². The first-order chi connectivity index (χ1) is 14.6. The Hall–Kier alpha value is -3.02. The van der Waals surface area contributed by atoms with Crippen molar-refractivity contribution < 1.29 is 9.90 Å². The minimum absolute atomic E-state index is 0.210. The van der Waals surface area contributed by atoms with E-state index in [1.807, 2.05) is 24.3 Å². The number of aryl methyl sites for hydroxylation is 2. The molecule has 0 aliphatic carbocycles. The summed E-state index contributed by atoms with van der Waals surface area (Å²) in [6, 6.07) is 11.1. The molecule has 0 fully saturated rings. The fourth-order valence-corrected chi connectivity index (χ4v) is 3.45. The van der Waals surface area contributed by atoms with Crippen LogP contribution in [0.15, 0.2) is 42.6 Å². The molecule has 2 heterocycles. The summed E-state index contributed by atoms with van der Waals surface area (Å²) in [5.74, 6) is 0.958. The van der Waals surface area contributed by atoms with Crippen LogP contribution in [0.3, 0.4) is 0 Å². The van der Waals surface area contributed by atoms with Crippen LogP contribution in [0.1, 0.15) is 73.5 Å². The van der Waals surface area contributed by atoms with Crippen LogP contribution in [-0.4, -0.2) is 30.8 Å². The van der Waals surface area contributed by atoms with Crippen LogP contribution in [0.4, 0.5) is 0 Å². The summed E-state index contributed by atoms with van der Waals surface area (Å²) in [6.45, 7) is 5.27. The van der Waals surface area contributed by atoms with E-state index in [0.717, 1.165) is 55.0 Å². The summed E-state index contributed by atoms with van der Waals surface area (Å²) < 4.78 is 2.06. The van der Waals surface area contributed by atoms with Gasteiger partial charge in [0.25, 0.3) is 0 Å². The minimum Gasteiger partial charge on any atom is -0.478 e. The maximum absolute atomic E-state index is 11.5. The molecule has 3 rings (SSSR count). The molecule has 0 amide bonds. The lowest BCUT2D eigenvalue weighted by Crippen LogP contribution is -2.06. The Bertz CT molecular complexity index is 964. The van der Waals surface area contributed by atoms with Crippen molar-refractivity contribution in [1.82, 2.24) is 19.7 Å². The van der Waals surface area contributed by atoms with Crippen molar-refractivity contribution in [3.05, 3.63) is 65.4 Å². The minimum atomic E-state index is -0.971. The molecule has 158 valence electrons. The first-order valence-corrected chi connectivity index (χ1v) is 10.8. The highest BCUT2D eigenvalue weighted by atomic mass is 16.4. The Morgan fingerprint density at radius 3 is 2.50 bits per heavy atom. The zero-order chi connectivity index (χ0) is 21.3. The molecule has 2 aromatic heterocycles. The normalized spacial score (nSPS) is 11.0. The Kier molecular flexibility index (Phi) is 7.71. The molecular formula is C24H30N4O2. The molecule has 0 atom stereocenters. The Labute approximate surface area is 178 Å². The third-order valence-electron chi connectivity index (χ3n) is 5.15. The molecule has 0 radical (unpaired) electrons. The van der Waals surface area contributed by atoms with Gasteiger partial charge in [-0.05, 0) is 30.5 Å². The predicted molar refractivity (Wildman–Crippen MR) is 118 cm³/mol. The van der Waals surface area contributed by atoms with Gasteiger partial charge in [0.2, 0.25) is 0 Å². The second kappa shape index (κ2) is 10.7. The largest absolute Gasteiger partial charge is 0.478 e. The maximum atomic E-state index is 11.5. The number of hydrogen-bond acceptors (Lipinski definition) is 4. The van der Waals surface area contributed by atoms with Crippen LogP contribution >= 0.6 is 0 Å². The monoisotopic (exact) mass is 406 g/mol. The Morgan fingerprint density at radius 1 is 1.03 bits per heavy atom. The number of unbranched alkanes of at least 4 members (excludes halogenated alkanes) is 3. The summed E-state index contributed by atoms with van der Waals surface area (Å²) in [5, 5.41) is 14.1. The molecule has 6 nitrogen and oxygen atoms in total. The third-order valence-corrected chi connectivity index (χ3v) is 5.15. The molecule has 1 N–H and O–H groups in total. The average molecular weight is 407 g/mol. The highest BCUT2D eigenvalue weighted by Gasteiger charge is 2.14. The average Bonchev–Trinajstić information content (AvgIpc) is 3.14. The number of carboxylic acids is 1. The van der Waals surface area contributed by atoms with Crippen LogP contribution in [-0.2, 0) is 19.4 Å². The van der Waals surface area contributed by atoms with Crippen LogP contribution < -0.4 is 0 Å². The van der Waals surface area contributed by atoms with Gasteiger partial charge in [-0.1, -0.05) is 57.4 Å². The zero-order valence-corrected chi connectivity index (χ0v) is 17.8. The molecule has 1 aromatic carbocycles. The van der Waals surface area contributed by atoms with Gasteiger partial charge in [0.05, 0.1) is 11.3 Å². The molecule has 0 aliphatic rings. The van der Waals surface area contributed by atoms with Gasteiger partial charge in [-0.3, -0.25) is 4.98 Å². The second-order valence-electron chi connectivity index (χ2n) is 7.56. The highest BCUT2D eigenvalue weighted by molar-refractivity contribution is 5.94. The number of carboxylic acid groups (broad SMARTS) is 1. The van der Waals surface area contributed by atoms with E-state index in [9.17, 15) is 9.90 Å². The van der Waals surface area contributed by atoms with Gasteiger partial charge >= 0.3 is 5.97 Å². The van der Waals surface area contributed by atoms with Crippen molar-refractivity contribution in [3.63, 3.8) is 0 Å². The van der Waals surface area contributed by atoms with Crippen molar-refractivity contribution in [2.24, 2.45) is 0 Å². The van der Waals surface area contributed by atoms with Crippen molar-refractivity contribution in [2.75, 3.05) is 0 Å². The van der Waals surface area contributed by atoms with E-state index in [4.69, 9.17) is 10.1 Å². The lowest BCUT2D eigenvalue weighted by molar-refractivity contribution is 0.0697. The number of carbonyl (C=O) groups is 1. The molecule has 0 saturated heterocycles. The van der Waals surface area contributed by atoms with Crippen molar-refractivity contribution in [2.45, 2.75) is 65.3 Å². The second-order valence-corrected chi connectivity index (χ2v) is 7.56. The van der Waals surface area contributed by atoms with E-state index in [0.29, 0.717) is 12.1 Å². The van der Waals surface area contributed by atoms with Gasteiger partial charge in [0.1, 0.15) is 5.82 Å². The topological polar surface area (TPSA) is 80.9 Å². The zero-order valence-electron chi connectivity index (χ0n) is 17.8. The molecule has 6 heteroatoms. The molecule has 3 aromatic rings.